The van der Waals surface area contributed by atoms with Gasteiger partial charge in [-0.3, -0.25) is 4.98 Å². The van der Waals surface area contributed by atoms with Crippen LogP contribution in [-0.4, -0.2) is 17.1 Å². The van der Waals surface area contributed by atoms with Gasteiger partial charge in [0.05, 0.1) is 12.1 Å². The zero-order chi connectivity index (χ0) is 13.8. The lowest BCUT2D eigenvalue weighted by atomic mass is 9.80. The van der Waals surface area contributed by atoms with E-state index in [2.05, 4.69) is 11.1 Å². The number of nitrogens with two attached hydrogens (primary N) is 1. The molecule has 0 aliphatic heterocycles. The molecular weight excluding hydrogens is 248 g/mol. The van der Waals surface area contributed by atoms with E-state index < -0.39 is 0 Å². The second kappa shape index (κ2) is 5.80. The van der Waals surface area contributed by atoms with Gasteiger partial charge in [-0.2, -0.15) is 0 Å². The van der Waals surface area contributed by atoms with Crippen LogP contribution in [0, 0.1) is 0 Å². The first kappa shape index (κ1) is 13.4. The molecule has 106 valence electrons. The van der Waals surface area contributed by atoms with Crippen molar-refractivity contribution < 1.29 is 4.74 Å². The van der Waals surface area contributed by atoms with Crippen molar-refractivity contribution >= 4 is 10.9 Å². The highest BCUT2D eigenvalue weighted by molar-refractivity contribution is 5.79. The highest BCUT2D eigenvalue weighted by Crippen LogP contribution is 2.29. The molecule has 2 N–H and O–H groups in total. The second-order valence-corrected chi connectivity index (χ2v) is 5.88. The number of pyridine rings is 1. The zero-order valence-electron chi connectivity index (χ0n) is 11.8. The van der Waals surface area contributed by atoms with E-state index in [4.69, 9.17) is 10.5 Å². The fourth-order valence-electron chi connectivity index (χ4n) is 3.02. The van der Waals surface area contributed by atoms with Crippen LogP contribution in [0.3, 0.4) is 0 Å². The molecule has 0 atom stereocenters. The number of ether oxygens (including phenoxy) is 1. The minimum Gasteiger partial charge on any atom is -0.494 e. The molecule has 0 amide bonds. The molecule has 1 aliphatic rings. The first-order valence-corrected chi connectivity index (χ1v) is 7.52. The lowest BCUT2D eigenvalue weighted by Gasteiger charge is -2.33. The van der Waals surface area contributed by atoms with Crippen LogP contribution >= 0.6 is 0 Å². The summed E-state index contributed by atoms with van der Waals surface area (Å²) in [5.74, 6) is 0.907. The van der Waals surface area contributed by atoms with Crippen LogP contribution in [0.1, 0.15) is 38.5 Å². The van der Waals surface area contributed by atoms with Gasteiger partial charge in [0.15, 0.2) is 0 Å². The van der Waals surface area contributed by atoms with Gasteiger partial charge in [0.1, 0.15) is 5.75 Å². The van der Waals surface area contributed by atoms with Crippen molar-refractivity contribution in [3.63, 3.8) is 0 Å². The number of aromatic nitrogens is 1. The van der Waals surface area contributed by atoms with Crippen LogP contribution in [0.5, 0.6) is 5.75 Å². The largest absolute Gasteiger partial charge is 0.494 e. The van der Waals surface area contributed by atoms with Gasteiger partial charge in [-0.1, -0.05) is 25.3 Å². The Morgan fingerprint density at radius 1 is 1.15 bits per heavy atom. The van der Waals surface area contributed by atoms with Crippen LogP contribution in [0.2, 0.25) is 0 Å². The van der Waals surface area contributed by atoms with Crippen molar-refractivity contribution in [1.29, 1.82) is 0 Å². The molecule has 1 aromatic carbocycles. The Kier molecular flexibility index (Phi) is 3.88. The number of rotatable bonds is 4. The SMILES string of the molecule is NC1(CCOc2ccc3ncccc3c2)CCCCC1. The van der Waals surface area contributed by atoms with Gasteiger partial charge in [0.2, 0.25) is 0 Å². The van der Waals surface area contributed by atoms with Gasteiger partial charge in [0, 0.05) is 17.1 Å². The first-order valence-electron chi connectivity index (χ1n) is 7.52. The Morgan fingerprint density at radius 2 is 2.00 bits per heavy atom. The third-order valence-corrected chi connectivity index (χ3v) is 4.29. The second-order valence-electron chi connectivity index (χ2n) is 5.88. The van der Waals surface area contributed by atoms with Crippen molar-refractivity contribution in [3.8, 4) is 5.75 Å². The van der Waals surface area contributed by atoms with E-state index in [1.54, 1.807) is 0 Å². The topological polar surface area (TPSA) is 48.1 Å². The summed E-state index contributed by atoms with van der Waals surface area (Å²) in [5, 5.41) is 1.12. The van der Waals surface area contributed by atoms with Gasteiger partial charge in [-0.25, -0.2) is 0 Å². The highest BCUT2D eigenvalue weighted by Gasteiger charge is 2.26. The Morgan fingerprint density at radius 3 is 2.85 bits per heavy atom. The van der Waals surface area contributed by atoms with E-state index in [1.807, 2.05) is 30.5 Å². The Balaban J connectivity index is 1.59. The summed E-state index contributed by atoms with van der Waals surface area (Å²) in [7, 11) is 0. The Hall–Kier alpha value is -1.61. The summed E-state index contributed by atoms with van der Waals surface area (Å²) in [6, 6.07) is 10.0. The molecule has 0 saturated heterocycles. The zero-order valence-corrected chi connectivity index (χ0v) is 11.8. The van der Waals surface area contributed by atoms with E-state index in [0.29, 0.717) is 6.61 Å². The lowest BCUT2D eigenvalue weighted by Crippen LogP contribution is -2.42. The van der Waals surface area contributed by atoms with Crippen molar-refractivity contribution in [2.75, 3.05) is 6.61 Å². The maximum Gasteiger partial charge on any atom is 0.120 e. The van der Waals surface area contributed by atoms with E-state index in [1.165, 1.54) is 19.3 Å². The average molecular weight is 270 g/mol. The molecule has 0 spiro atoms. The van der Waals surface area contributed by atoms with Crippen molar-refractivity contribution in [3.05, 3.63) is 36.5 Å². The highest BCUT2D eigenvalue weighted by atomic mass is 16.5. The van der Waals surface area contributed by atoms with Gasteiger partial charge in [-0.15, -0.1) is 0 Å². The molecule has 3 heteroatoms. The number of benzene rings is 1. The van der Waals surface area contributed by atoms with Crippen molar-refractivity contribution in [1.82, 2.24) is 4.98 Å². The molecular formula is C17H22N2O. The average Bonchev–Trinajstić information content (AvgIpc) is 2.48. The van der Waals surface area contributed by atoms with Crippen molar-refractivity contribution in [2.45, 2.75) is 44.1 Å². The number of nitrogens with zero attached hydrogens (tertiary/aromatic N) is 1. The molecule has 0 bridgehead atoms. The van der Waals surface area contributed by atoms with Gasteiger partial charge >= 0.3 is 0 Å². The Bertz CT molecular complexity index is 576. The quantitative estimate of drug-likeness (QED) is 0.922. The maximum absolute atomic E-state index is 6.42. The predicted molar refractivity (Wildman–Crippen MR) is 81.9 cm³/mol. The fourth-order valence-corrected chi connectivity index (χ4v) is 3.02. The first-order chi connectivity index (χ1) is 9.75. The molecule has 0 unspecified atom stereocenters. The molecule has 1 fully saturated rings. The molecule has 1 heterocycles. The standard InChI is InChI=1S/C17H22N2O/c18-17(8-2-1-3-9-17)10-12-20-15-6-7-16-14(13-15)5-4-11-19-16/h4-7,11,13H,1-3,8-10,12,18H2. The summed E-state index contributed by atoms with van der Waals surface area (Å²) in [4.78, 5) is 4.31. The van der Waals surface area contributed by atoms with E-state index in [9.17, 15) is 0 Å². The van der Waals surface area contributed by atoms with Crippen LogP contribution in [0.4, 0.5) is 0 Å². The third kappa shape index (κ3) is 3.10. The minimum atomic E-state index is -0.00332. The molecule has 1 aromatic heterocycles. The predicted octanol–water partition coefficient (Wildman–Crippen LogP) is 3.67. The molecule has 20 heavy (non-hydrogen) atoms. The summed E-state index contributed by atoms with van der Waals surface area (Å²) >= 11 is 0. The number of fused-ring (bicyclic) bond motifs is 1. The summed E-state index contributed by atoms with van der Waals surface area (Å²) < 4.78 is 5.87. The van der Waals surface area contributed by atoms with Gasteiger partial charge < -0.3 is 10.5 Å². The van der Waals surface area contributed by atoms with E-state index in [0.717, 1.165) is 35.9 Å². The van der Waals surface area contributed by atoms with Crippen LogP contribution < -0.4 is 10.5 Å². The van der Waals surface area contributed by atoms with E-state index in [-0.39, 0.29) is 5.54 Å². The summed E-state index contributed by atoms with van der Waals surface area (Å²) in [6.07, 6.45) is 8.88. The monoisotopic (exact) mass is 270 g/mol. The maximum atomic E-state index is 6.42. The summed E-state index contributed by atoms with van der Waals surface area (Å²) in [5.41, 5.74) is 7.42. The van der Waals surface area contributed by atoms with Gasteiger partial charge in [-0.05, 0) is 43.5 Å². The number of hydrogen-bond donors (Lipinski definition) is 1. The molecule has 0 radical (unpaired) electrons. The molecule has 2 aromatic rings. The lowest BCUT2D eigenvalue weighted by molar-refractivity contribution is 0.214. The molecule has 1 saturated carbocycles. The minimum absolute atomic E-state index is 0.00332. The van der Waals surface area contributed by atoms with Crippen molar-refractivity contribution in [2.24, 2.45) is 5.73 Å². The van der Waals surface area contributed by atoms with Crippen LogP contribution in [-0.2, 0) is 0 Å². The fraction of sp³-hybridized carbons (Fsp3) is 0.471. The third-order valence-electron chi connectivity index (χ3n) is 4.29. The van der Waals surface area contributed by atoms with Crippen LogP contribution in [0.25, 0.3) is 10.9 Å². The molecule has 1 aliphatic carbocycles. The number of hydrogen-bond acceptors (Lipinski definition) is 3. The normalized spacial score (nSPS) is 18.1. The van der Waals surface area contributed by atoms with Gasteiger partial charge in [0.25, 0.3) is 0 Å². The van der Waals surface area contributed by atoms with Crippen LogP contribution in [0.15, 0.2) is 36.5 Å². The smallest absolute Gasteiger partial charge is 0.120 e. The Labute approximate surface area is 120 Å². The molecule has 3 nitrogen and oxygen atoms in total. The van der Waals surface area contributed by atoms with E-state index >= 15 is 0 Å². The summed E-state index contributed by atoms with van der Waals surface area (Å²) in [6.45, 7) is 0.697. The molecule has 3 rings (SSSR count).